The van der Waals surface area contributed by atoms with Crippen LogP contribution in [0.1, 0.15) is 24.8 Å². The summed E-state index contributed by atoms with van der Waals surface area (Å²) in [6.07, 6.45) is 1.17. The van der Waals surface area contributed by atoms with Gasteiger partial charge in [-0.15, -0.1) is 0 Å². The van der Waals surface area contributed by atoms with Gasteiger partial charge in [-0.1, -0.05) is 49.4 Å². The van der Waals surface area contributed by atoms with Gasteiger partial charge in [0.2, 0.25) is 0 Å². The Bertz CT molecular complexity index is 606. The van der Waals surface area contributed by atoms with Gasteiger partial charge in [0.05, 0.1) is 5.69 Å². The molecule has 0 aromatic heterocycles. The van der Waals surface area contributed by atoms with Crippen LogP contribution >= 0.6 is 0 Å². The van der Waals surface area contributed by atoms with Gasteiger partial charge in [0, 0.05) is 26.2 Å². The Morgan fingerprint density at radius 2 is 1.57 bits per heavy atom. The first-order chi connectivity index (χ1) is 11.2. The van der Waals surface area contributed by atoms with Crippen LogP contribution in [0.3, 0.4) is 0 Å². The van der Waals surface area contributed by atoms with E-state index >= 15 is 0 Å². The molecular weight excluding hydrogens is 287 g/mol. The van der Waals surface area contributed by atoms with Crippen molar-refractivity contribution in [3.8, 4) is 0 Å². The molecule has 3 rings (SSSR count). The highest BCUT2D eigenvalue weighted by Crippen LogP contribution is 2.22. The lowest BCUT2D eigenvalue weighted by Crippen LogP contribution is -2.47. The van der Waals surface area contributed by atoms with Crippen LogP contribution in [0.25, 0.3) is 0 Å². The van der Waals surface area contributed by atoms with Crippen LogP contribution in [0.5, 0.6) is 0 Å². The normalized spacial score (nSPS) is 17.2. The monoisotopic (exact) mass is 312 g/mol. The van der Waals surface area contributed by atoms with Crippen LogP contribution < -0.4 is 4.90 Å². The van der Waals surface area contributed by atoms with Gasteiger partial charge in [0.25, 0.3) is 0 Å². The highest BCUT2D eigenvalue weighted by molar-refractivity contribution is 5.47. The molecule has 2 nitrogen and oxygen atoms in total. The summed E-state index contributed by atoms with van der Waals surface area (Å²) < 4.78 is 13.9. The van der Waals surface area contributed by atoms with E-state index in [1.165, 1.54) is 12.0 Å². The second-order valence-electron chi connectivity index (χ2n) is 6.38. The van der Waals surface area contributed by atoms with E-state index < -0.39 is 0 Å². The number of hydrogen-bond donors (Lipinski definition) is 0. The topological polar surface area (TPSA) is 6.48 Å². The summed E-state index contributed by atoms with van der Waals surface area (Å²) in [5, 5.41) is 0. The molecule has 2 aromatic rings. The van der Waals surface area contributed by atoms with Gasteiger partial charge in [-0.05, 0) is 36.6 Å². The van der Waals surface area contributed by atoms with Gasteiger partial charge >= 0.3 is 0 Å². The number of piperazine rings is 1. The molecule has 1 aliphatic rings. The number of halogens is 1. The van der Waals surface area contributed by atoms with Crippen molar-refractivity contribution in [3.05, 3.63) is 66.0 Å². The van der Waals surface area contributed by atoms with Crippen molar-refractivity contribution in [1.29, 1.82) is 0 Å². The van der Waals surface area contributed by atoms with Crippen molar-refractivity contribution in [3.63, 3.8) is 0 Å². The highest BCUT2D eigenvalue weighted by atomic mass is 19.1. The lowest BCUT2D eigenvalue weighted by molar-refractivity contribution is 0.249. The fourth-order valence-corrected chi connectivity index (χ4v) is 3.25. The van der Waals surface area contributed by atoms with Crippen LogP contribution in [-0.2, 0) is 0 Å². The van der Waals surface area contributed by atoms with Gasteiger partial charge in [-0.2, -0.15) is 0 Å². The predicted octanol–water partition coefficient (Wildman–Crippen LogP) is 4.14. The molecule has 3 heteroatoms. The van der Waals surface area contributed by atoms with E-state index in [1.807, 2.05) is 12.1 Å². The molecule has 0 saturated carbocycles. The zero-order valence-electron chi connectivity index (χ0n) is 13.8. The quantitative estimate of drug-likeness (QED) is 0.818. The Morgan fingerprint density at radius 3 is 2.26 bits per heavy atom. The number of hydrogen-bond acceptors (Lipinski definition) is 2. The molecule has 0 bridgehead atoms. The van der Waals surface area contributed by atoms with E-state index in [1.54, 1.807) is 12.1 Å². The second kappa shape index (κ2) is 7.60. The molecule has 1 atom stereocenters. The third-order valence-corrected chi connectivity index (χ3v) is 4.81. The summed E-state index contributed by atoms with van der Waals surface area (Å²) >= 11 is 0. The molecule has 1 aliphatic heterocycles. The zero-order valence-corrected chi connectivity index (χ0v) is 13.8. The third-order valence-electron chi connectivity index (χ3n) is 4.81. The van der Waals surface area contributed by atoms with Crippen molar-refractivity contribution in [1.82, 2.24) is 4.90 Å². The third kappa shape index (κ3) is 4.11. The van der Waals surface area contributed by atoms with E-state index in [0.717, 1.165) is 38.4 Å². The van der Waals surface area contributed by atoms with Crippen LogP contribution in [0.2, 0.25) is 0 Å². The molecule has 122 valence electrons. The fraction of sp³-hybridized carbons (Fsp3) is 0.400. The Kier molecular flexibility index (Phi) is 5.29. The Morgan fingerprint density at radius 1 is 0.913 bits per heavy atom. The molecule has 0 amide bonds. The predicted molar refractivity (Wildman–Crippen MR) is 94.5 cm³/mol. The minimum absolute atomic E-state index is 0.112. The minimum Gasteiger partial charge on any atom is -0.367 e. The van der Waals surface area contributed by atoms with E-state index in [2.05, 4.69) is 47.1 Å². The maximum absolute atomic E-state index is 13.9. The highest BCUT2D eigenvalue weighted by Gasteiger charge is 2.19. The van der Waals surface area contributed by atoms with E-state index in [4.69, 9.17) is 0 Å². The molecule has 0 N–H and O–H groups in total. The van der Waals surface area contributed by atoms with Crippen molar-refractivity contribution < 1.29 is 4.39 Å². The summed E-state index contributed by atoms with van der Waals surface area (Å²) in [4.78, 5) is 4.66. The van der Waals surface area contributed by atoms with Gasteiger partial charge in [0.1, 0.15) is 5.82 Å². The smallest absolute Gasteiger partial charge is 0.146 e. The second-order valence-corrected chi connectivity index (χ2v) is 6.38. The Labute approximate surface area is 138 Å². The average molecular weight is 312 g/mol. The number of anilines is 1. The maximum Gasteiger partial charge on any atom is 0.146 e. The van der Waals surface area contributed by atoms with Gasteiger partial charge in [0.15, 0.2) is 0 Å². The van der Waals surface area contributed by atoms with Crippen molar-refractivity contribution in [2.75, 3.05) is 37.6 Å². The van der Waals surface area contributed by atoms with Crippen LogP contribution in [0.4, 0.5) is 10.1 Å². The van der Waals surface area contributed by atoms with Crippen molar-refractivity contribution in [2.24, 2.45) is 0 Å². The number of para-hydroxylation sites is 1. The molecule has 1 unspecified atom stereocenters. The van der Waals surface area contributed by atoms with E-state index in [0.29, 0.717) is 5.92 Å². The summed E-state index contributed by atoms with van der Waals surface area (Å²) in [6, 6.07) is 17.8. The minimum atomic E-state index is -0.112. The molecule has 1 fully saturated rings. The first-order valence-electron chi connectivity index (χ1n) is 8.51. The average Bonchev–Trinajstić information content (AvgIpc) is 2.61. The standard InChI is InChI=1S/C20H25FN2/c1-17(18-7-3-2-4-8-18)11-12-22-13-15-23(16-14-22)20-10-6-5-9-19(20)21/h2-10,17H,11-16H2,1H3. The molecule has 0 radical (unpaired) electrons. The summed E-state index contributed by atoms with van der Waals surface area (Å²) in [5.41, 5.74) is 2.15. The number of rotatable bonds is 5. The van der Waals surface area contributed by atoms with Gasteiger partial charge in [-0.3, -0.25) is 4.90 Å². The maximum atomic E-state index is 13.9. The van der Waals surface area contributed by atoms with Gasteiger partial charge in [-0.25, -0.2) is 4.39 Å². The first-order valence-corrected chi connectivity index (χ1v) is 8.51. The zero-order chi connectivity index (χ0) is 16.1. The van der Waals surface area contributed by atoms with Crippen LogP contribution in [-0.4, -0.2) is 37.6 Å². The first kappa shape index (κ1) is 16.0. The number of benzene rings is 2. The molecule has 0 aliphatic carbocycles. The van der Waals surface area contributed by atoms with E-state index in [9.17, 15) is 4.39 Å². The molecule has 1 saturated heterocycles. The van der Waals surface area contributed by atoms with Gasteiger partial charge < -0.3 is 4.90 Å². The van der Waals surface area contributed by atoms with Crippen molar-refractivity contribution >= 4 is 5.69 Å². The molecular formula is C20H25FN2. The largest absolute Gasteiger partial charge is 0.367 e. The fourth-order valence-electron chi connectivity index (χ4n) is 3.25. The molecule has 0 spiro atoms. The van der Waals surface area contributed by atoms with E-state index in [-0.39, 0.29) is 5.82 Å². The lowest BCUT2D eigenvalue weighted by Gasteiger charge is -2.36. The Hall–Kier alpha value is -1.87. The molecule has 23 heavy (non-hydrogen) atoms. The summed E-state index contributed by atoms with van der Waals surface area (Å²) in [5.74, 6) is 0.472. The van der Waals surface area contributed by atoms with Crippen LogP contribution in [0, 0.1) is 5.82 Å². The SMILES string of the molecule is CC(CCN1CCN(c2ccccc2F)CC1)c1ccccc1. The summed E-state index contributed by atoms with van der Waals surface area (Å²) in [7, 11) is 0. The number of nitrogens with zero attached hydrogens (tertiary/aromatic N) is 2. The van der Waals surface area contributed by atoms with Crippen LogP contribution in [0.15, 0.2) is 54.6 Å². The molecule has 1 heterocycles. The molecule has 2 aromatic carbocycles. The lowest BCUT2D eigenvalue weighted by atomic mass is 9.97. The summed E-state index contributed by atoms with van der Waals surface area (Å²) in [6.45, 7) is 7.24. The van der Waals surface area contributed by atoms with Crippen molar-refractivity contribution in [2.45, 2.75) is 19.3 Å². The Balaban J connectivity index is 1.47.